The summed E-state index contributed by atoms with van der Waals surface area (Å²) >= 11 is 0. The van der Waals surface area contributed by atoms with Gasteiger partial charge in [0.2, 0.25) is 10.0 Å². The molecule has 0 saturated heterocycles. The van der Waals surface area contributed by atoms with Gasteiger partial charge in [0.05, 0.1) is 5.75 Å². The number of nitrogens with zero attached hydrogens (tertiary/aromatic N) is 3. The highest BCUT2D eigenvalue weighted by molar-refractivity contribution is 7.89. The smallest absolute Gasteiger partial charge is 0.212 e. The van der Waals surface area contributed by atoms with Crippen molar-refractivity contribution in [1.82, 2.24) is 19.5 Å². The van der Waals surface area contributed by atoms with Crippen molar-refractivity contribution in [2.24, 2.45) is 12.8 Å². The normalized spacial score (nSPS) is 11.9. The van der Waals surface area contributed by atoms with Crippen LogP contribution in [0.2, 0.25) is 0 Å². The molecule has 1 aromatic rings. The van der Waals surface area contributed by atoms with Crippen LogP contribution >= 0.6 is 0 Å². The van der Waals surface area contributed by atoms with Crippen molar-refractivity contribution >= 4 is 10.0 Å². The van der Waals surface area contributed by atoms with Crippen LogP contribution in [-0.4, -0.2) is 42.0 Å². The second-order valence-electron chi connectivity index (χ2n) is 3.11. The van der Waals surface area contributed by atoms with Gasteiger partial charge < -0.3 is 10.3 Å². The molecular weight excluding hydrogens is 218 g/mol. The number of hydrogen-bond donors (Lipinski definition) is 2. The van der Waals surface area contributed by atoms with E-state index in [4.69, 9.17) is 5.73 Å². The van der Waals surface area contributed by atoms with E-state index < -0.39 is 10.0 Å². The van der Waals surface area contributed by atoms with E-state index in [9.17, 15) is 8.42 Å². The van der Waals surface area contributed by atoms with Crippen molar-refractivity contribution in [3.63, 3.8) is 0 Å². The van der Waals surface area contributed by atoms with Crippen LogP contribution in [0.25, 0.3) is 0 Å². The molecule has 0 amide bonds. The number of nitrogens with one attached hydrogen (secondary N) is 1. The van der Waals surface area contributed by atoms with Gasteiger partial charge in [-0.25, -0.2) is 13.1 Å². The van der Waals surface area contributed by atoms with Gasteiger partial charge in [-0.2, -0.15) is 0 Å². The Balaban J connectivity index is 2.37. The van der Waals surface area contributed by atoms with Crippen LogP contribution in [0.15, 0.2) is 6.33 Å². The molecule has 0 fully saturated rings. The number of hydrogen-bond acceptors (Lipinski definition) is 5. The Hall–Kier alpha value is -0.990. The lowest BCUT2D eigenvalue weighted by Crippen LogP contribution is -2.31. The third-order valence-corrected chi connectivity index (χ3v) is 3.28. The van der Waals surface area contributed by atoms with Gasteiger partial charge in [0.1, 0.15) is 12.2 Å². The highest BCUT2D eigenvalue weighted by Gasteiger charge is 2.08. The maximum atomic E-state index is 11.2. The Labute approximate surface area is 88.7 Å². The minimum atomic E-state index is -3.23. The average Bonchev–Trinajstić information content (AvgIpc) is 2.51. The van der Waals surface area contributed by atoms with E-state index in [1.165, 1.54) is 0 Å². The molecule has 0 aliphatic rings. The largest absolute Gasteiger partial charge is 0.329 e. The lowest BCUT2D eigenvalue weighted by atomic mass is 10.4. The van der Waals surface area contributed by atoms with E-state index in [0.717, 1.165) is 5.82 Å². The molecule has 7 nitrogen and oxygen atoms in total. The van der Waals surface area contributed by atoms with Crippen LogP contribution in [-0.2, 0) is 23.5 Å². The van der Waals surface area contributed by atoms with Crippen LogP contribution in [0.5, 0.6) is 0 Å². The zero-order chi connectivity index (χ0) is 11.3. The van der Waals surface area contributed by atoms with Gasteiger partial charge in [-0.15, -0.1) is 10.2 Å². The number of aromatic nitrogens is 3. The first kappa shape index (κ1) is 12.1. The minimum Gasteiger partial charge on any atom is -0.329 e. The standard InChI is InChI=1S/C7H15N5O2S/c1-12-6-9-11-7(12)2-4-10-15(13,14)5-3-8/h6,10H,2-5,8H2,1H3. The van der Waals surface area contributed by atoms with Crippen molar-refractivity contribution in [1.29, 1.82) is 0 Å². The second kappa shape index (κ2) is 5.19. The van der Waals surface area contributed by atoms with Crippen molar-refractivity contribution in [2.45, 2.75) is 6.42 Å². The van der Waals surface area contributed by atoms with Gasteiger partial charge >= 0.3 is 0 Å². The summed E-state index contributed by atoms with van der Waals surface area (Å²) in [5.74, 6) is 0.691. The van der Waals surface area contributed by atoms with Gasteiger partial charge in [0.15, 0.2) is 0 Å². The molecule has 0 radical (unpaired) electrons. The summed E-state index contributed by atoms with van der Waals surface area (Å²) in [7, 11) is -1.42. The molecule has 0 spiro atoms. The minimum absolute atomic E-state index is 0.0498. The fourth-order valence-corrected chi connectivity index (χ4v) is 1.95. The van der Waals surface area contributed by atoms with Crippen LogP contribution < -0.4 is 10.5 Å². The molecule has 1 heterocycles. The lowest BCUT2D eigenvalue weighted by molar-refractivity contribution is 0.580. The van der Waals surface area contributed by atoms with E-state index in [1.807, 2.05) is 7.05 Å². The first-order valence-corrected chi connectivity index (χ1v) is 6.20. The lowest BCUT2D eigenvalue weighted by Gasteiger charge is -2.04. The Morgan fingerprint density at radius 3 is 2.87 bits per heavy atom. The molecule has 0 aliphatic carbocycles. The first-order chi connectivity index (χ1) is 7.05. The summed E-state index contributed by atoms with van der Waals surface area (Å²) in [5.41, 5.74) is 5.16. The SMILES string of the molecule is Cn1cnnc1CCNS(=O)(=O)CCN. The van der Waals surface area contributed by atoms with E-state index in [-0.39, 0.29) is 12.3 Å². The molecule has 1 rings (SSSR count). The summed E-state index contributed by atoms with van der Waals surface area (Å²) in [6.45, 7) is 0.439. The van der Waals surface area contributed by atoms with E-state index >= 15 is 0 Å². The molecule has 8 heteroatoms. The maximum absolute atomic E-state index is 11.2. The fourth-order valence-electron chi connectivity index (χ4n) is 1.08. The summed E-state index contributed by atoms with van der Waals surface area (Å²) < 4.78 is 26.6. The van der Waals surface area contributed by atoms with E-state index in [0.29, 0.717) is 13.0 Å². The Kier molecular flexibility index (Phi) is 4.18. The highest BCUT2D eigenvalue weighted by atomic mass is 32.2. The van der Waals surface area contributed by atoms with Crippen molar-refractivity contribution in [3.8, 4) is 0 Å². The van der Waals surface area contributed by atoms with E-state index in [1.54, 1.807) is 10.9 Å². The van der Waals surface area contributed by atoms with Gasteiger partial charge in [-0.3, -0.25) is 0 Å². The highest BCUT2D eigenvalue weighted by Crippen LogP contribution is 1.92. The van der Waals surface area contributed by atoms with Gasteiger partial charge in [-0.1, -0.05) is 0 Å². The van der Waals surface area contributed by atoms with Crippen molar-refractivity contribution < 1.29 is 8.42 Å². The fraction of sp³-hybridized carbons (Fsp3) is 0.714. The quantitative estimate of drug-likeness (QED) is 0.605. The van der Waals surface area contributed by atoms with E-state index in [2.05, 4.69) is 14.9 Å². The third kappa shape index (κ3) is 3.94. The predicted octanol–water partition coefficient (Wildman–Crippen LogP) is -1.76. The number of nitrogens with two attached hydrogens (primary N) is 1. The predicted molar refractivity (Wildman–Crippen MR) is 55.6 cm³/mol. The number of sulfonamides is 1. The molecule has 15 heavy (non-hydrogen) atoms. The second-order valence-corrected chi connectivity index (χ2v) is 5.04. The summed E-state index contributed by atoms with van der Waals surface area (Å²) in [5, 5.41) is 7.52. The number of aryl methyl sites for hydroxylation is 1. The Morgan fingerprint density at radius 1 is 1.60 bits per heavy atom. The molecule has 0 atom stereocenters. The average molecular weight is 233 g/mol. The molecular formula is C7H15N5O2S. The molecule has 3 N–H and O–H groups in total. The van der Waals surface area contributed by atoms with Crippen LogP contribution in [0.1, 0.15) is 5.82 Å². The zero-order valence-electron chi connectivity index (χ0n) is 8.55. The molecule has 86 valence electrons. The molecule has 0 aliphatic heterocycles. The first-order valence-electron chi connectivity index (χ1n) is 4.55. The zero-order valence-corrected chi connectivity index (χ0v) is 9.37. The van der Waals surface area contributed by atoms with Gasteiger partial charge in [0.25, 0.3) is 0 Å². The monoisotopic (exact) mass is 233 g/mol. The van der Waals surface area contributed by atoms with Crippen LogP contribution in [0.3, 0.4) is 0 Å². The molecule has 1 aromatic heterocycles. The summed E-state index contributed by atoms with van der Waals surface area (Å²) in [6.07, 6.45) is 2.09. The van der Waals surface area contributed by atoms with Gasteiger partial charge in [0, 0.05) is 26.6 Å². The number of rotatable bonds is 6. The summed E-state index contributed by atoms with van der Waals surface area (Å²) in [4.78, 5) is 0. The van der Waals surface area contributed by atoms with Crippen LogP contribution in [0.4, 0.5) is 0 Å². The van der Waals surface area contributed by atoms with Gasteiger partial charge in [-0.05, 0) is 0 Å². The molecule has 0 aromatic carbocycles. The van der Waals surface area contributed by atoms with Crippen LogP contribution in [0, 0.1) is 0 Å². The maximum Gasteiger partial charge on any atom is 0.212 e. The summed E-state index contributed by atoms with van der Waals surface area (Å²) in [6, 6.07) is 0. The van der Waals surface area contributed by atoms with Crippen molar-refractivity contribution in [3.05, 3.63) is 12.2 Å². The molecule has 0 unspecified atom stereocenters. The Morgan fingerprint density at radius 2 is 2.33 bits per heavy atom. The third-order valence-electron chi connectivity index (χ3n) is 1.86. The Bertz CT molecular complexity index is 399. The molecule has 0 saturated carbocycles. The van der Waals surface area contributed by atoms with Crippen molar-refractivity contribution in [2.75, 3.05) is 18.8 Å². The topological polar surface area (TPSA) is 103 Å². The molecule has 0 bridgehead atoms.